The van der Waals surface area contributed by atoms with Crippen molar-refractivity contribution >= 4 is 11.6 Å². The van der Waals surface area contributed by atoms with E-state index in [1.165, 1.54) is 0 Å². The van der Waals surface area contributed by atoms with E-state index >= 15 is 0 Å². The minimum atomic E-state index is -0.189. The first-order valence-corrected chi connectivity index (χ1v) is 13.2. The summed E-state index contributed by atoms with van der Waals surface area (Å²) < 4.78 is 0. The van der Waals surface area contributed by atoms with E-state index in [1.807, 2.05) is 39.1 Å². The minimum Gasteiger partial charge on any atom is -0.371 e. The van der Waals surface area contributed by atoms with Crippen molar-refractivity contribution in [3.63, 3.8) is 0 Å². The van der Waals surface area contributed by atoms with E-state index in [2.05, 4.69) is 64.6 Å². The molecule has 3 heterocycles. The second-order valence-corrected chi connectivity index (χ2v) is 10.5. The van der Waals surface area contributed by atoms with Crippen LogP contribution in [0.15, 0.2) is 41.3 Å². The number of aromatic amines is 1. The largest absolute Gasteiger partial charge is 0.371 e. The Kier molecular flexibility index (Phi) is 8.13. The Morgan fingerprint density at radius 1 is 1.11 bits per heavy atom. The van der Waals surface area contributed by atoms with Gasteiger partial charge in [0.05, 0.1) is 0 Å². The van der Waals surface area contributed by atoms with Crippen LogP contribution in [0.1, 0.15) is 71.0 Å². The summed E-state index contributed by atoms with van der Waals surface area (Å²) in [6.07, 6.45) is 4.01. The van der Waals surface area contributed by atoms with Crippen molar-refractivity contribution in [2.24, 2.45) is 0 Å². The quantitative estimate of drug-likeness (QED) is 0.440. The molecule has 0 radical (unpaired) electrons. The van der Waals surface area contributed by atoms with Crippen LogP contribution in [0.5, 0.6) is 0 Å². The van der Waals surface area contributed by atoms with E-state index in [4.69, 9.17) is 0 Å². The molecule has 0 bridgehead atoms. The van der Waals surface area contributed by atoms with Gasteiger partial charge in [-0.3, -0.25) is 14.6 Å². The van der Waals surface area contributed by atoms with Crippen LogP contribution in [0.2, 0.25) is 0 Å². The number of aromatic nitrogens is 2. The van der Waals surface area contributed by atoms with Crippen molar-refractivity contribution in [3.8, 4) is 11.1 Å². The van der Waals surface area contributed by atoms with Crippen LogP contribution in [0.25, 0.3) is 11.1 Å². The average Bonchev–Trinajstić information content (AvgIpc) is 2.88. The van der Waals surface area contributed by atoms with Gasteiger partial charge in [0, 0.05) is 59.6 Å². The molecule has 0 unspecified atom stereocenters. The first-order chi connectivity index (χ1) is 17.7. The van der Waals surface area contributed by atoms with E-state index in [0.717, 1.165) is 65.3 Å². The highest BCUT2D eigenvalue weighted by Crippen LogP contribution is 2.33. The number of H-pyrrole nitrogens is 1. The van der Waals surface area contributed by atoms with Gasteiger partial charge in [-0.1, -0.05) is 19.9 Å². The molecule has 196 valence electrons. The second kappa shape index (κ2) is 11.3. The summed E-state index contributed by atoms with van der Waals surface area (Å²) in [6.45, 7) is 12.2. The van der Waals surface area contributed by atoms with E-state index in [9.17, 15) is 9.59 Å². The molecule has 7 heteroatoms. The monoisotopic (exact) mass is 501 g/mol. The molecule has 1 amide bonds. The Morgan fingerprint density at radius 3 is 2.46 bits per heavy atom. The molecule has 1 fully saturated rings. The van der Waals surface area contributed by atoms with Crippen molar-refractivity contribution in [2.45, 2.75) is 66.0 Å². The molecule has 1 saturated heterocycles. The average molecular weight is 502 g/mol. The number of carbonyl (C=O) groups excluding carboxylic acids is 1. The lowest BCUT2D eigenvalue weighted by Crippen LogP contribution is -2.41. The Bertz CT molecular complexity index is 1320. The fourth-order valence-corrected chi connectivity index (χ4v) is 5.14. The number of benzene rings is 1. The zero-order valence-corrected chi connectivity index (χ0v) is 22.9. The van der Waals surface area contributed by atoms with Crippen LogP contribution in [0.3, 0.4) is 0 Å². The molecule has 7 nitrogen and oxygen atoms in total. The third kappa shape index (κ3) is 5.93. The third-order valence-electron chi connectivity index (χ3n) is 7.49. The molecular weight excluding hydrogens is 462 g/mol. The van der Waals surface area contributed by atoms with Gasteiger partial charge in [0.25, 0.3) is 11.5 Å². The summed E-state index contributed by atoms with van der Waals surface area (Å²) in [5, 5.41) is 6.44. The van der Waals surface area contributed by atoms with E-state index in [1.54, 1.807) is 0 Å². The standard InChI is InChI=1S/C30H39N5O2/c1-18(2)27-8-7-22(16-32-27)23-14-25(21(5)28(15-23)35(6)24-9-11-31-12-10-24)29(36)33-17-26-19(3)13-20(4)34-30(26)37/h7-8,13-16,18,24,31H,9-12,17H2,1-6H3,(H,33,36)(H,34,37). The van der Waals surface area contributed by atoms with E-state index in [0.29, 0.717) is 23.1 Å². The summed E-state index contributed by atoms with van der Waals surface area (Å²) in [6, 6.07) is 10.6. The lowest BCUT2D eigenvalue weighted by atomic mass is 9.95. The van der Waals surface area contributed by atoms with Crippen LogP contribution in [-0.2, 0) is 6.54 Å². The van der Waals surface area contributed by atoms with Crippen LogP contribution in [0, 0.1) is 20.8 Å². The Hall–Kier alpha value is -3.45. The number of pyridine rings is 2. The van der Waals surface area contributed by atoms with Gasteiger partial charge in [0.1, 0.15) is 0 Å². The highest BCUT2D eigenvalue weighted by Gasteiger charge is 2.23. The maximum Gasteiger partial charge on any atom is 0.253 e. The molecule has 0 atom stereocenters. The number of amides is 1. The van der Waals surface area contributed by atoms with Gasteiger partial charge in [0.2, 0.25) is 0 Å². The highest BCUT2D eigenvalue weighted by atomic mass is 16.1. The van der Waals surface area contributed by atoms with Crippen LogP contribution < -0.4 is 21.1 Å². The Morgan fingerprint density at radius 2 is 1.84 bits per heavy atom. The van der Waals surface area contributed by atoms with Gasteiger partial charge in [-0.15, -0.1) is 0 Å². The highest BCUT2D eigenvalue weighted by molar-refractivity contribution is 5.98. The van der Waals surface area contributed by atoms with E-state index < -0.39 is 0 Å². The zero-order chi connectivity index (χ0) is 26.7. The number of hydrogen-bond donors (Lipinski definition) is 3. The molecule has 3 N–H and O–H groups in total. The lowest BCUT2D eigenvalue weighted by Gasteiger charge is -2.35. The SMILES string of the molecule is Cc1cc(C)c(CNC(=O)c2cc(-c3ccc(C(C)C)nc3)cc(N(C)C3CCNCC3)c2C)c(=O)[nH]1. The molecule has 2 aromatic heterocycles. The minimum absolute atomic E-state index is 0.161. The fourth-order valence-electron chi connectivity index (χ4n) is 5.14. The molecule has 1 aliphatic heterocycles. The van der Waals surface area contributed by atoms with Crippen LogP contribution >= 0.6 is 0 Å². The molecule has 1 aliphatic rings. The van der Waals surface area contributed by atoms with Crippen LogP contribution in [-0.4, -0.2) is 42.1 Å². The number of rotatable bonds is 7. The summed E-state index contributed by atoms with van der Waals surface area (Å²) >= 11 is 0. The maximum absolute atomic E-state index is 13.5. The summed E-state index contributed by atoms with van der Waals surface area (Å²) in [5.41, 5.74) is 7.66. The van der Waals surface area contributed by atoms with Crippen molar-refractivity contribution in [1.29, 1.82) is 0 Å². The molecule has 1 aromatic carbocycles. The van der Waals surface area contributed by atoms with Gasteiger partial charge in [-0.2, -0.15) is 0 Å². The van der Waals surface area contributed by atoms with E-state index in [-0.39, 0.29) is 18.0 Å². The molecule has 0 spiro atoms. The summed E-state index contributed by atoms with van der Waals surface area (Å²) in [7, 11) is 2.12. The predicted molar refractivity (Wildman–Crippen MR) is 151 cm³/mol. The summed E-state index contributed by atoms with van der Waals surface area (Å²) in [4.78, 5) is 35.8. The number of carbonyl (C=O) groups is 1. The molecular formula is C30H39N5O2. The number of aryl methyl sites for hydroxylation is 2. The first-order valence-electron chi connectivity index (χ1n) is 13.2. The molecule has 4 rings (SSSR count). The number of hydrogen-bond acceptors (Lipinski definition) is 5. The fraction of sp³-hybridized carbons (Fsp3) is 0.433. The lowest BCUT2D eigenvalue weighted by molar-refractivity contribution is 0.0950. The predicted octanol–water partition coefficient (Wildman–Crippen LogP) is 4.60. The van der Waals surface area contributed by atoms with Gasteiger partial charge in [0.15, 0.2) is 0 Å². The van der Waals surface area contributed by atoms with Gasteiger partial charge in [-0.05, 0) is 93.6 Å². The van der Waals surface area contributed by atoms with Gasteiger partial charge < -0.3 is 20.5 Å². The molecule has 0 saturated carbocycles. The second-order valence-electron chi connectivity index (χ2n) is 10.5. The number of anilines is 1. The van der Waals surface area contributed by atoms with Crippen molar-refractivity contribution in [2.75, 3.05) is 25.0 Å². The van der Waals surface area contributed by atoms with Gasteiger partial charge in [-0.25, -0.2) is 0 Å². The topological polar surface area (TPSA) is 90.1 Å². The maximum atomic E-state index is 13.5. The number of nitrogens with one attached hydrogen (secondary N) is 3. The van der Waals surface area contributed by atoms with Gasteiger partial charge >= 0.3 is 0 Å². The first kappa shape index (κ1) is 26.6. The van der Waals surface area contributed by atoms with Crippen molar-refractivity contribution in [3.05, 3.63) is 80.5 Å². The molecule has 0 aliphatic carbocycles. The Labute approximate surface area is 219 Å². The van der Waals surface area contributed by atoms with Crippen molar-refractivity contribution < 1.29 is 4.79 Å². The summed E-state index contributed by atoms with van der Waals surface area (Å²) in [5.74, 6) is 0.161. The smallest absolute Gasteiger partial charge is 0.253 e. The number of piperidine rings is 1. The molecule has 3 aromatic rings. The Balaban J connectivity index is 1.71. The normalized spacial score (nSPS) is 14.1. The van der Waals surface area contributed by atoms with Crippen molar-refractivity contribution in [1.82, 2.24) is 20.6 Å². The number of nitrogens with zero attached hydrogens (tertiary/aromatic N) is 2. The molecule has 37 heavy (non-hydrogen) atoms. The zero-order valence-electron chi connectivity index (χ0n) is 22.9. The third-order valence-corrected chi connectivity index (χ3v) is 7.49. The van der Waals surface area contributed by atoms with Crippen LogP contribution in [0.4, 0.5) is 5.69 Å².